The minimum Gasteiger partial charge on any atom is -0.379 e. The number of benzene rings is 1. The van der Waals surface area contributed by atoms with Crippen molar-refractivity contribution in [1.82, 2.24) is 15.3 Å². The maximum Gasteiger partial charge on any atom is 0.319 e. The minimum absolute atomic E-state index is 0.00471. The molecule has 0 radical (unpaired) electrons. The van der Waals surface area contributed by atoms with Gasteiger partial charge >= 0.3 is 6.03 Å². The van der Waals surface area contributed by atoms with Crippen LogP contribution in [-0.4, -0.2) is 34.8 Å². The van der Waals surface area contributed by atoms with Crippen LogP contribution in [0.5, 0.6) is 0 Å². The number of rotatable bonds is 6. The van der Waals surface area contributed by atoms with Crippen molar-refractivity contribution in [3.8, 4) is 11.4 Å². The number of urea groups is 1. The van der Waals surface area contributed by atoms with E-state index in [1.165, 1.54) is 0 Å². The first kappa shape index (κ1) is 18.9. The van der Waals surface area contributed by atoms with Gasteiger partial charge in [-0.1, -0.05) is 0 Å². The molecule has 25 heavy (non-hydrogen) atoms. The van der Waals surface area contributed by atoms with Gasteiger partial charge in [0.05, 0.1) is 5.60 Å². The molecule has 6 nitrogen and oxygen atoms in total. The molecule has 1 heterocycles. The van der Waals surface area contributed by atoms with Crippen LogP contribution in [0, 0.1) is 6.92 Å². The molecule has 134 valence electrons. The van der Waals surface area contributed by atoms with Crippen molar-refractivity contribution in [3.63, 3.8) is 0 Å². The fourth-order valence-electron chi connectivity index (χ4n) is 2.55. The van der Waals surface area contributed by atoms with E-state index >= 15 is 0 Å². The van der Waals surface area contributed by atoms with Crippen LogP contribution in [0.3, 0.4) is 0 Å². The van der Waals surface area contributed by atoms with E-state index in [1.807, 2.05) is 58.0 Å². The van der Waals surface area contributed by atoms with Crippen molar-refractivity contribution in [2.75, 3.05) is 12.4 Å². The number of aryl methyl sites for hydroxylation is 1. The molecule has 1 atom stereocenters. The van der Waals surface area contributed by atoms with Crippen LogP contribution >= 0.6 is 0 Å². The highest BCUT2D eigenvalue weighted by atomic mass is 16.5. The van der Waals surface area contributed by atoms with E-state index in [4.69, 9.17) is 4.74 Å². The van der Waals surface area contributed by atoms with Gasteiger partial charge in [-0.3, -0.25) is 0 Å². The van der Waals surface area contributed by atoms with Crippen molar-refractivity contribution in [3.05, 3.63) is 42.2 Å². The van der Waals surface area contributed by atoms with Crippen LogP contribution in [0.25, 0.3) is 11.4 Å². The largest absolute Gasteiger partial charge is 0.379 e. The van der Waals surface area contributed by atoms with Crippen LogP contribution in [0.15, 0.2) is 36.5 Å². The Labute approximate surface area is 149 Å². The number of aromatic nitrogens is 2. The van der Waals surface area contributed by atoms with E-state index in [2.05, 4.69) is 20.6 Å². The topological polar surface area (TPSA) is 76.1 Å². The average Bonchev–Trinajstić information content (AvgIpc) is 2.54. The molecule has 0 saturated carbocycles. The van der Waals surface area contributed by atoms with Crippen molar-refractivity contribution >= 4 is 11.7 Å². The highest BCUT2D eigenvalue weighted by Crippen LogP contribution is 2.18. The second-order valence-corrected chi connectivity index (χ2v) is 6.77. The van der Waals surface area contributed by atoms with E-state index < -0.39 is 0 Å². The third-order valence-electron chi connectivity index (χ3n) is 3.92. The molecule has 2 aromatic rings. The van der Waals surface area contributed by atoms with E-state index in [0.29, 0.717) is 11.5 Å². The van der Waals surface area contributed by atoms with Gasteiger partial charge in [-0.2, -0.15) is 0 Å². The molecule has 0 saturated heterocycles. The molecule has 0 aliphatic carbocycles. The smallest absolute Gasteiger partial charge is 0.319 e. The SMILES string of the molecule is COC(C)(C)C[C@@H](C)NC(=O)Nc1ccc(-c2nccc(C)n2)cc1. The Kier molecular flexibility index (Phi) is 6.09. The maximum absolute atomic E-state index is 12.1. The highest BCUT2D eigenvalue weighted by Gasteiger charge is 2.21. The Morgan fingerprint density at radius 3 is 2.52 bits per heavy atom. The molecule has 6 heteroatoms. The van der Waals surface area contributed by atoms with Gasteiger partial charge in [0.2, 0.25) is 0 Å². The maximum atomic E-state index is 12.1. The number of nitrogens with one attached hydrogen (secondary N) is 2. The summed E-state index contributed by atoms with van der Waals surface area (Å²) in [5, 5.41) is 5.75. The third-order valence-corrected chi connectivity index (χ3v) is 3.92. The van der Waals surface area contributed by atoms with Gasteiger partial charge in [0, 0.05) is 36.3 Å². The first-order chi connectivity index (χ1) is 11.8. The number of nitrogens with zero attached hydrogens (tertiary/aromatic N) is 2. The second-order valence-electron chi connectivity index (χ2n) is 6.77. The molecule has 1 aromatic carbocycles. The lowest BCUT2D eigenvalue weighted by molar-refractivity contribution is 0.00963. The summed E-state index contributed by atoms with van der Waals surface area (Å²) in [6.45, 7) is 7.88. The van der Waals surface area contributed by atoms with Gasteiger partial charge in [0.15, 0.2) is 5.82 Å². The van der Waals surface area contributed by atoms with Gasteiger partial charge in [0.1, 0.15) is 0 Å². The Morgan fingerprint density at radius 2 is 1.92 bits per heavy atom. The molecule has 0 unspecified atom stereocenters. The number of hydrogen-bond donors (Lipinski definition) is 2. The fraction of sp³-hybridized carbons (Fsp3) is 0.421. The van der Waals surface area contributed by atoms with Crippen LogP contribution in [0.4, 0.5) is 10.5 Å². The second kappa shape index (κ2) is 8.07. The summed E-state index contributed by atoms with van der Waals surface area (Å²) in [5.41, 5.74) is 2.26. The highest BCUT2D eigenvalue weighted by molar-refractivity contribution is 5.89. The van der Waals surface area contributed by atoms with Crippen LogP contribution in [-0.2, 0) is 4.74 Å². The van der Waals surface area contributed by atoms with Crippen molar-refractivity contribution < 1.29 is 9.53 Å². The summed E-state index contributed by atoms with van der Waals surface area (Å²) in [6, 6.07) is 9.07. The quantitative estimate of drug-likeness (QED) is 0.838. The van der Waals surface area contributed by atoms with E-state index in [1.54, 1.807) is 13.3 Å². The Balaban J connectivity index is 1.93. The molecule has 1 aromatic heterocycles. The number of methoxy groups -OCH3 is 1. The number of ether oxygens (including phenoxy) is 1. The summed E-state index contributed by atoms with van der Waals surface area (Å²) in [4.78, 5) is 20.8. The molecule has 2 N–H and O–H groups in total. The Morgan fingerprint density at radius 1 is 1.24 bits per heavy atom. The normalized spacial score (nSPS) is 12.5. The number of anilines is 1. The third kappa shape index (κ3) is 5.83. The fourth-order valence-corrected chi connectivity index (χ4v) is 2.55. The zero-order valence-corrected chi connectivity index (χ0v) is 15.5. The first-order valence-corrected chi connectivity index (χ1v) is 8.32. The lowest BCUT2D eigenvalue weighted by atomic mass is 10.00. The molecule has 0 bridgehead atoms. The zero-order chi connectivity index (χ0) is 18.4. The van der Waals surface area contributed by atoms with E-state index in [0.717, 1.165) is 17.7 Å². The van der Waals surface area contributed by atoms with Gasteiger partial charge in [-0.05, 0) is 64.4 Å². The molecule has 0 spiro atoms. The Bertz CT molecular complexity index is 714. The van der Waals surface area contributed by atoms with E-state index in [-0.39, 0.29) is 17.7 Å². The minimum atomic E-state index is -0.276. The van der Waals surface area contributed by atoms with Crippen LogP contribution in [0.2, 0.25) is 0 Å². The molecule has 0 aliphatic heterocycles. The summed E-state index contributed by atoms with van der Waals surface area (Å²) >= 11 is 0. The molecule has 0 fully saturated rings. The number of amides is 2. The molecule has 2 amide bonds. The van der Waals surface area contributed by atoms with Gasteiger partial charge in [0.25, 0.3) is 0 Å². The monoisotopic (exact) mass is 342 g/mol. The Hall–Kier alpha value is -2.47. The lowest BCUT2D eigenvalue weighted by Crippen LogP contribution is -2.40. The molecule has 0 aliphatic rings. The van der Waals surface area contributed by atoms with Crippen LogP contribution < -0.4 is 10.6 Å². The summed E-state index contributed by atoms with van der Waals surface area (Å²) in [7, 11) is 1.67. The number of carbonyl (C=O) groups is 1. The van der Waals surface area contributed by atoms with Crippen LogP contribution in [0.1, 0.15) is 32.9 Å². The lowest BCUT2D eigenvalue weighted by Gasteiger charge is -2.27. The molecule has 2 rings (SSSR count). The van der Waals surface area contributed by atoms with Gasteiger partial charge in [-0.25, -0.2) is 14.8 Å². The average molecular weight is 342 g/mol. The van der Waals surface area contributed by atoms with Gasteiger partial charge in [-0.15, -0.1) is 0 Å². The number of carbonyl (C=O) groups excluding carboxylic acids is 1. The van der Waals surface area contributed by atoms with Crippen molar-refractivity contribution in [2.45, 2.75) is 45.8 Å². The summed E-state index contributed by atoms with van der Waals surface area (Å²) < 4.78 is 5.39. The van der Waals surface area contributed by atoms with Crippen molar-refractivity contribution in [1.29, 1.82) is 0 Å². The zero-order valence-electron chi connectivity index (χ0n) is 15.5. The summed E-state index contributed by atoms with van der Waals surface area (Å²) in [5.74, 6) is 0.673. The number of hydrogen-bond acceptors (Lipinski definition) is 4. The predicted octanol–water partition coefficient (Wildman–Crippen LogP) is 3.78. The van der Waals surface area contributed by atoms with E-state index in [9.17, 15) is 4.79 Å². The summed E-state index contributed by atoms with van der Waals surface area (Å²) in [6.07, 6.45) is 2.46. The first-order valence-electron chi connectivity index (χ1n) is 8.32. The predicted molar refractivity (Wildman–Crippen MR) is 99.5 cm³/mol. The van der Waals surface area contributed by atoms with Gasteiger partial charge < -0.3 is 15.4 Å². The molecular formula is C19H26N4O2. The molecular weight excluding hydrogens is 316 g/mol. The van der Waals surface area contributed by atoms with Crippen molar-refractivity contribution in [2.24, 2.45) is 0 Å². The standard InChI is InChI=1S/C19H26N4O2/c1-13-10-11-20-17(21-13)15-6-8-16(9-7-15)23-18(24)22-14(2)12-19(3,4)25-5/h6-11,14H,12H2,1-5H3,(H2,22,23,24)/t14-/m1/s1.